The molecule has 1 aromatic carbocycles. The molecule has 2 aromatic heterocycles. The van der Waals surface area contributed by atoms with Gasteiger partial charge in [0.2, 0.25) is 0 Å². The molecular formula is C21H20ClN3O3S. The predicted molar refractivity (Wildman–Crippen MR) is 116 cm³/mol. The van der Waals surface area contributed by atoms with E-state index in [1.165, 1.54) is 6.07 Å². The Bertz CT molecular complexity index is 1140. The van der Waals surface area contributed by atoms with E-state index in [4.69, 9.17) is 16.0 Å². The Kier molecular flexibility index (Phi) is 5.52. The maximum Gasteiger partial charge on any atom is 0.348 e. The second kappa shape index (κ2) is 8.08. The Morgan fingerprint density at radius 1 is 1.31 bits per heavy atom. The fraction of sp³-hybridized carbons (Fsp3) is 0.286. The third-order valence-corrected chi connectivity index (χ3v) is 6.49. The number of nitrogens with zero attached hydrogens (tertiary/aromatic N) is 3. The Hall–Kier alpha value is -2.51. The minimum absolute atomic E-state index is 0.0623. The summed E-state index contributed by atoms with van der Waals surface area (Å²) in [5.74, 6) is 1.02. The van der Waals surface area contributed by atoms with Gasteiger partial charge in [-0.15, -0.1) is 0 Å². The summed E-state index contributed by atoms with van der Waals surface area (Å²) < 4.78 is 6.87. The highest BCUT2D eigenvalue weighted by Crippen LogP contribution is 2.43. The van der Waals surface area contributed by atoms with Crippen LogP contribution in [-0.4, -0.2) is 32.9 Å². The van der Waals surface area contributed by atoms with Gasteiger partial charge in [0.1, 0.15) is 22.2 Å². The molecular weight excluding hydrogens is 410 g/mol. The van der Waals surface area contributed by atoms with Crippen LogP contribution in [-0.2, 0) is 7.05 Å². The number of benzene rings is 1. The largest absolute Gasteiger partial charge is 0.507 e. The Morgan fingerprint density at radius 3 is 2.79 bits per heavy atom. The molecule has 1 N–H and O–H groups in total. The maximum atomic E-state index is 12.4. The van der Waals surface area contributed by atoms with Gasteiger partial charge in [0.05, 0.1) is 11.4 Å². The number of aromatic nitrogens is 2. The molecule has 0 spiro atoms. The van der Waals surface area contributed by atoms with Gasteiger partial charge in [-0.3, -0.25) is 9.67 Å². The fourth-order valence-corrected chi connectivity index (χ4v) is 4.99. The molecule has 8 heteroatoms. The second-order valence-corrected chi connectivity index (χ2v) is 8.51. The van der Waals surface area contributed by atoms with Crippen LogP contribution in [0.25, 0.3) is 11.3 Å². The van der Waals surface area contributed by atoms with Gasteiger partial charge < -0.3 is 9.52 Å². The molecule has 0 radical (unpaired) electrons. The molecule has 6 nitrogen and oxygen atoms in total. The summed E-state index contributed by atoms with van der Waals surface area (Å²) in [6.45, 7) is 2.17. The summed E-state index contributed by atoms with van der Waals surface area (Å²) in [6, 6.07) is 11.3. The molecule has 1 unspecified atom stereocenters. The zero-order valence-electron chi connectivity index (χ0n) is 16.1. The molecule has 0 saturated heterocycles. The number of aliphatic imine (C=N–C) groups is 1. The number of hydrogen-bond donors (Lipinski definition) is 1. The third kappa shape index (κ3) is 3.84. The first kappa shape index (κ1) is 19.8. The molecule has 0 saturated carbocycles. The van der Waals surface area contributed by atoms with E-state index >= 15 is 0 Å². The van der Waals surface area contributed by atoms with Crippen LogP contribution < -0.4 is 5.63 Å². The van der Waals surface area contributed by atoms with E-state index < -0.39 is 5.63 Å². The minimum Gasteiger partial charge on any atom is -0.507 e. The van der Waals surface area contributed by atoms with Crippen molar-refractivity contribution >= 4 is 29.1 Å². The molecule has 150 valence electrons. The average molecular weight is 430 g/mol. The first-order valence-corrected chi connectivity index (χ1v) is 10.6. The van der Waals surface area contributed by atoms with E-state index in [9.17, 15) is 9.90 Å². The summed E-state index contributed by atoms with van der Waals surface area (Å²) in [6.07, 6.45) is 0.442. The number of thioether (sulfide) groups is 1. The highest BCUT2D eigenvalue weighted by molar-refractivity contribution is 7.99. The molecule has 1 aliphatic heterocycles. The van der Waals surface area contributed by atoms with Crippen molar-refractivity contribution in [1.82, 2.24) is 9.78 Å². The van der Waals surface area contributed by atoms with Gasteiger partial charge in [-0.25, -0.2) is 4.79 Å². The minimum atomic E-state index is -0.576. The molecule has 4 rings (SSSR count). The van der Waals surface area contributed by atoms with Gasteiger partial charge in [-0.05, 0) is 6.92 Å². The SMILES string of the molecule is Cc1cc(O)c(C2=NCCSC(c3c(-c4ccccc4)nn(C)c3Cl)C2)c(=O)o1. The molecule has 3 aromatic rings. The quantitative estimate of drug-likeness (QED) is 0.668. The van der Waals surface area contributed by atoms with Gasteiger partial charge in [0.25, 0.3) is 0 Å². The van der Waals surface area contributed by atoms with Gasteiger partial charge in [0, 0.05) is 48.2 Å². The van der Waals surface area contributed by atoms with Crippen LogP contribution in [0.3, 0.4) is 0 Å². The van der Waals surface area contributed by atoms with Crippen molar-refractivity contribution in [2.45, 2.75) is 18.6 Å². The second-order valence-electron chi connectivity index (χ2n) is 6.84. The van der Waals surface area contributed by atoms with E-state index in [2.05, 4.69) is 10.1 Å². The van der Waals surface area contributed by atoms with E-state index in [0.29, 0.717) is 29.6 Å². The van der Waals surface area contributed by atoms with Crippen LogP contribution in [0.15, 0.2) is 50.6 Å². The lowest BCUT2D eigenvalue weighted by atomic mass is 9.99. The molecule has 1 aliphatic rings. The van der Waals surface area contributed by atoms with Gasteiger partial charge in [-0.1, -0.05) is 41.9 Å². The summed E-state index contributed by atoms with van der Waals surface area (Å²) in [5, 5.41) is 15.5. The lowest BCUT2D eigenvalue weighted by Crippen LogP contribution is -2.17. The van der Waals surface area contributed by atoms with Crippen LogP contribution in [0.5, 0.6) is 5.75 Å². The normalized spacial score (nSPS) is 17.1. The van der Waals surface area contributed by atoms with Crippen LogP contribution in [0, 0.1) is 6.92 Å². The van der Waals surface area contributed by atoms with E-state index in [-0.39, 0.29) is 16.6 Å². The molecule has 3 heterocycles. The maximum absolute atomic E-state index is 12.4. The van der Waals surface area contributed by atoms with Gasteiger partial charge >= 0.3 is 5.63 Å². The zero-order chi connectivity index (χ0) is 20.5. The smallest absolute Gasteiger partial charge is 0.348 e. The lowest BCUT2D eigenvalue weighted by Gasteiger charge is -2.16. The Balaban J connectivity index is 1.78. The first-order valence-electron chi connectivity index (χ1n) is 9.22. The standard InChI is InChI=1S/C21H20ClN3O3S/c1-12-10-15(26)17(21(27)28-12)14-11-16(29-9-8-23-14)18-19(24-25(2)20(18)22)13-6-4-3-5-7-13/h3-7,10,16,26H,8-9,11H2,1-2H3. The van der Waals surface area contributed by atoms with Crippen LogP contribution in [0.2, 0.25) is 5.15 Å². The number of aromatic hydroxyl groups is 1. The zero-order valence-corrected chi connectivity index (χ0v) is 17.6. The summed E-state index contributed by atoms with van der Waals surface area (Å²) in [7, 11) is 1.81. The number of halogens is 1. The van der Waals surface area contributed by atoms with Crippen molar-refractivity contribution in [2.75, 3.05) is 12.3 Å². The van der Waals surface area contributed by atoms with E-state index in [1.807, 2.05) is 37.4 Å². The highest BCUT2D eigenvalue weighted by atomic mass is 35.5. The summed E-state index contributed by atoms with van der Waals surface area (Å²) in [4.78, 5) is 17.0. The van der Waals surface area contributed by atoms with Crippen LogP contribution in [0.4, 0.5) is 0 Å². The molecule has 0 bridgehead atoms. The monoisotopic (exact) mass is 429 g/mol. The van der Waals surface area contributed by atoms with Gasteiger partial charge in [0.15, 0.2) is 0 Å². The van der Waals surface area contributed by atoms with Crippen molar-refractivity contribution < 1.29 is 9.52 Å². The first-order chi connectivity index (χ1) is 14.0. The average Bonchev–Trinajstić information content (AvgIpc) is 2.84. The molecule has 0 fully saturated rings. The summed E-state index contributed by atoms with van der Waals surface area (Å²) in [5.41, 5.74) is 2.79. The van der Waals surface area contributed by atoms with Crippen molar-refractivity contribution in [3.8, 4) is 17.0 Å². The number of hydrogen-bond acceptors (Lipinski definition) is 6. The predicted octanol–water partition coefficient (Wildman–Crippen LogP) is 4.38. The van der Waals surface area contributed by atoms with Crippen molar-refractivity contribution in [3.05, 3.63) is 68.9 Å². The van der Waals surface area contributed by atoms with E-state index in [1.54, 1.807) is 23.4 Å². The topological polar surface area (TPSA) is 80.6 Å². The van der Waals surface area contributed by atoms with Crippen LogP contribution >= 0.6 is 23.4 Å². The molecule has 29 heavy (non-hydrogen) atoms. The van der Waals surface area contributed by atoms with Crippen molar-refractivity contribution in [1.29, 1.82) is 0 Å². The van der Waals surface area contributed by atoms with Crippen molar-refractivity contribution in [2.24, 2.45) is 12.0 Å². The number of rotatable bonds is 3. The van der Waals surface area contributed by atoms with Crippen LogP contribution in [0.1, 0.15) is 28.6 Å². The van der Waals surface area contributed by atoms with E-state index in [0.717, 1.165) is 22.6 Å². The highest BCUT2D eigenvalue weighted by Gasteiger charge is 2.29. The fourth-order valence-electron chi connectivity index (χ4n) is 3.52. The Morgan fingerprint density at radius 2 is 2.07 bits per heavy atom. The van der Waals surface area contributed by atoms with Gasteiger partial charge in [-0.2, -0.15) is 16.9 Å². The Labute approximate surface area is 177 Å². The molecule has 0 amide bonds. The number of aryl methyl sites for hydroxylation is 2. The third-order valence-electron chi connectivity index (χ3n) is 4.81. The van der Waals surface area contributed by atoms with Crippen molar-refractivity contribution in [3.63, 3.8) is 0 Å². The summed E-state index contributed by atoms with van der Waals surface area (Å²) >= 11 is 8.37. The molecule has 1 atom stereocenters. The molecule has 0 aliphatic carbocycles. The lowest BCUT2D eigenvalue weighted by molar-refractivity contribution is 0.432.